The first-order valence-corrected chi connectivity index (χ1v) is 6.69. The number of non-ortho nitro benzene ring substituents is 1. The molecule has 1 aromatic carbocycles. The summed E-state index contributed by atoms with van der Waals surface area (Å²) in [5.41, 5.74) is -0.0314. The van der Waals surface area contributed by atoms with Gasteiger partial charge in [0.25, 0.3) is 11.6 Å². The lowest BCUT2D eigenvalue weighted by atomic mass is 10.0. The van der Waals surface area contributed by atoms with Crippen LogP contribution in [0, 0.1) is 16.0 Å². The maximum absolute atomic E-state index is 12.3. The van der Waals surface area contributed by atoms with Crippen LogP contribution in [0.25, 0.3) is 0 Å². The van der Waals surface area contributed by atoms with E-state index in [-0.39, 0.29) is 28.1 Å². The van der Waals surface area contributed by atoms with Gasteiger partial charge in [0, 0.05) is 31.1 Å². The molecule has 108 valence electrons. The highest BCUT2D eigenvalue weighted by molar-refractivity contribution is 6.33. The zero-order valence-corrected chi connectivity index (χ0v) is 11.7. The first kappa shape index (κ1) is 14.7. The van der Waals surface area contributed by atoms with Gasteiger partial charge in [-0.1, -0.05) is 11.6 Å². The molecule has 0 radical (unpaired) electrons. The second-order valence-electron chi connectivity index (χ2n) is 4.96. The molecule has 0 saturated carbocycles. The number of aliphatic hydroxyl groups excluding tert-OH is 1. The van der Waals surface area contributed by atoms with Gasteiger partial charge in [0.1, 0.15) is 0 Å². The molecule has 0 spiro atoms. The van der Waals surface area contributed by atoms with Crippen LogP contribution in [-0.4, -0.2) is 40.0 Å². The number of nitrogens with zero attached hydrogens (tertiary/aromatic N) is 2. The number of likely N-dealkylation sites (tertiary alicyclic amines) is 1. The molecule has 7 heteroatoms. The van der Waals surface area contributed by atoms with Crippen LogP contribution in [0.5, 0.6) is 0 Å². The van der Waals surface area contributed by atoms with Crippen LogP contribution in [0.3, 0.4) is 0 Å². The van der Waals surface area contributed by atoms with Gasteiger partial charge >= 0.3 is 0 Å². The van der Waals surface area contributed by atoms with E-state index in [1.807, 2.05) is 0 Å². The molecule has 20 heavy (non-hydrogen) atoms. The van der Waals surface area contributed by atoms with Gasteiger partial charge < -0.3 is 10.0 Å². The number of carbonyl (C=O) groups is 1. The normalized spacial score (nSPS) is 19.9. The number of hydrogen-bond acceptors (Lipinski definition) is 4. The average molecular weight is 299 g/mol. The van der Waals surface area contributed by atoms with Crippen LogP contribution in [0.2, 0.25) is 5.02 Å². The second kappa shape index (κ2) is 5.76. The molecule has 0 bridgehead atoms. The van der Waals surface area contributed by atoms with Gasteiger partial charge in [-0.25, -0.2) is 0 Å². The summed E-state index contributed by atoms with van der Waals surface area (Å²) in [5, 5.41) is 20.5. The van der Waals surface area contributed by atoms with Crippen LogP contribution in [0.1, 0.15) is 23.7 Å². The third kappa shape index (κ3) is 2.91. The van der Waals surface area contributed by atoms with Gasteiger partial charge in [0.15, 0.2) is 0 Å². The van der Waals surface area contributed by atoms with Crippen molar-refractivity contribution in [1.82, 2.24) is 4.90 Å². The summed E-state index contributed by atoms with van der Waals surface area (Å²) in [4.78, 5) is 24.1. The summed E-state index contributed by atoms with van der Waals surface area (Å²) in [6, 6.07) is 3.82. The van der Waals surface area contributed by atoms with Crippen molar-refractivity contribution in [2.75, 3.05) is 13.1 Å². The molecule has 0 aliphatic carbocycles. The van der Waals surface area contributed by atoms with E-state index in [0.717, 1.165) is 6.42 Å². The largest absolute Gasteiger partial charge is 0.393 e. The molecule has 6 nitrogen and oxygen atoms in total. The van der Waals surface area contributed by atoms with Gasteiger partial charge in [-0.3, -0.25) is 14.9 Å². The van der Waals surface area contributed by atoms with E-state index >= 15 is 0 Å². The van der Waals surface area contributed by atoms with E-state index in [4.69, 9.17) is 11.6 Å². The molecular weight excluding hydrogens is 284 g/mol. The minimum Gasteiger partial charge on any atom is -0.393 e. The second-order valence-corrected chi connectivity index (χ2v) is 5.37. The quantitative estimate of drug-likeness (QED) is 0.684. The number of nitro groups is 1. The molecule has 2 atom stereocenters. The number of carbonyl (C=O) groups excluding carboxylic acids is 1. The van der Waals surface area contributed by atoms with Gasteiger partial charge in [-0.05, 0) is 19.4 Å². The number of rotatable bonds is 3. The highest BCUT2D eigenvalue weighted by Gasteiger charge is 2.30. The summed E-state index contributed by atoms with van der Waals surface area (Å²) >= 11 is 5.95. The number of aliphatic hydroxyl groups is 1. The zero-order chi connectivity index (χ0) is 14.9. The molecule has 2 unspecified atom stereocenters. The standard InChI is InChI=1S/C13H15ClN2O4/c1-8(17)9-4-5-15(7-9)13(18)11-6-10(16(19)20)2-3-12(11)14/h2-3,6,8-9,17H,4-5,7H2,1H3. The summed E-state index contributed by atoms with van der Waals surface area (Å²) in [6.45, 7) is 2.65. The fourth-order valence-corrected chi connectivity index (χ4v) is 2.52. The Labute approximate surface area is 121 Å². The van der Waals surface area contributed by atoms with Crippen LogP contribution >= 0.6 is 11.6 Å². The van der Waals surface area contributed by atoms with Crippen molar-refractivity contribution in [3.05, 3.63) is 38.9 Å². The summed E-state index contributed by atoms with van der Waals surface area (Å²) < 4.78 is 0. The van der Waals surface area contributed by atoms with Gasteiger partial charge in [0.05, 0.1) is 21.6 Å². The smallest absolute Gasteiger partial charge is 0.270 e. The number of amides is 1. The first-order chi connectivity index (χ1) is 9.40. The molecule has 1 aliphatic rings. The Bertz CT molecular complexity index is 547. The topological polar surface area (TPSA) is 83.7 Å². The number of nitro benzene ring substituents is 1. The fourth-order valence-electron chi connectivity index (χ4n) is 2.33. The van der Waals surface area contributed by atoms with Crippen molar-refractivity contribution < 1.29 is 14.8 Å². The molecule has 1 saturated heterocycles. The predicted molar refractivity (Wildman–Crippen MR) is 73.8 cm³/mol. The molecule has 0 aromatic heterocycles. The Kier molecular flexibility index (Phi) is 4.25. The monoisotopic (exact) mass is 298 g/mol. The van der Waals surface area contributed by atoms with Gasteiger partial charge in [-0.15, -0.1) is 0 Å². The SMILES string of the molecule is CC(O)C1CCN(C(=O)c2cc([N+](=O)[O-])ccc2Cl)C1. The number of benzene rings is 1. The Morgan fingerprint density at radius 3 is 2.85 bits per heavy atom. The van der Waals surface area contributed by atoms with Crippen LogP contribution in [-0.2, 0) is 0 Å². The first-order valence-electron chi connectivity index (χ1n) is 6.31. The summed E-state index contributed by atoms with van der Waals surface area (Å²) in [5.74, 6) is -0.293. The van der Waals surface area contributed by atoms with Crippen molar-refractivity contribution >= 4 is 23.2 Å². The molecule has 2 rings (SSSR count). The number of halogens is 1. The fraction of sp³-hybridized carbons (Fsp3) is 0.462. The van der Waals surface area contributed by atoms with Crippen LogP contribution in [0.15, 0.2) is 18.2 Å². The summed E-state index contributed by atoms with van der Waals surface area (Å²) in [7, 11) is 0. The van der Waals surface area contributed by atoms with E-state index in [1.165, 1.54) is 18.2 Å². The maximum atomic E-state index is 12.3. The van der Waals surface area contributed by atoms with Crippen molar-refractivity contribution in [2.24, 2.45) is 5.92 Å². The average Bonchev–Trinajstić information content (AvgIpc) is 2.88. The Hall–Kier alpha value is -1.66. The van der Waals surface area contributed by atoms with E-state index in [2.05, 4.69) is 0 Å². The molecule has 1 aliphatic heterocycles. The van der Waals surface area contributed by atoms with Crippen molar-refractivity contribution in [3.63, 3.8) is 0 Å². The van der Waals surface area contributed by atoms with E-state index in [1.54, 1.807) is 11.8 Å². The number of hydrogen-bond donors (Lipinski definition) is 1. The molecule has 1 amide bonds. The molecule has 1 N–H and O–H groups in total. The van der Waals surface area contributed by atoms with E-state index in [9.17, 15) is 20.0 Å². The van der Waals surface area contributed by atoms with Crippen molar-refractivity contribution in [1.29, 1.82) is 0 Å². The van der Waals surface area contributed by atoms with Crippen molar-refractivity contribution in [3.8, 4) is 0 Å². The van der Waals surface area contributed by atoms with Crippen LogP contribution in [0.4, 0.5) is 5.69 Å². The molecule has 1 aromatic rings. The Morgan fingerprint density at radius 2 is 2.30 bits per heavy atom. The highest BCUT2D eigenvalue weighted by Crippen LogP contribution is 2.27. The minimum absolute atomic E-state index is 0.0384. The van der Waals surface area contributed by atoms with Crippen LogP contribution < -0.4 is 0 Å². The van der Waals surface area contributed by atoms with Crippen molar-refractivity contribution in [2.45, 2.75) is 19.4 Å². The Balaban J connectivity index is 2.21. The minimum atomic E-state index is -0.560. The summed E-state index contributed by atoms with van der Waals surface area (Å²) in [6.07, 6.45) is 0.240. The molecule has 1 fully saturated rings. The lowest BCUT2D eigenvalue weighted by molar-refractivity contribution is -0.384. The van der Waals surface area contributed by atoms with Gasteiger partial charge in [-0.2, -0.15) is 0 Å². The predicted octanol–water partition coefficient (Wildman–Crippen LogP) is 2.09. The third-order valence-electron chi connectivity index (χ3n) is 3.59. The highest BCUT2D eigenvalue weighted by atomic mass is 35.5. The van der Waals surface area contributed by atoms with Gasteiger partial charge in [0.2, 0.25) is 0 Å². The molecule has 1 heterocycles. The van der Waals surface area contributed by atoms with E-state index < -0.39 is 11.0 Å². The Morgan fingerprint density at radius 1 is 1.60 bits per heavy atom. The zero-order valence-electron chi connectivity index (χ0n) is 11.0. The lowest BCUT2D eigenvalue weighted by Crippen LogP contribution is -2.30. The van der Waals surface area contributed by atoms with E-state index in [0.29, 0.717) is 13.1 Å². The maximum Gasteiger partial charge on any atom is 0.270 e. The lowest BCUT2D eigenvalue weighted by Gasteiger charge is -2.18. The third-order valence-corrected chi connectivity index (χ3v) is 3.91. The molecular formula is C13H15ClN2O4.